The first-order chi connectivity index (χ1) is 8.43. The molecule has 6 heteroatoms. The van der Waals surface area contributed by atoms with E-state index in [1.165, 1.54) is 11.0 Å². The van der Waals surface area contributed by atoms with Crippen molar-refractivity contribution in [2.75, 3.05) is 0 Å². The Morgan fingerprint density at radius 3 is 2.65 bits per heavy atom. The first kappa shape index (κ1) is 9.59. The summed E-state index contributed by atoms with van der Waals surface area (Å²) in [5.41, 5.74) is 1.61. The predicted molar refractivity (Wildman–Crippen MR) is 60.2 cm³/mol. The molecule has 0 spiro atoms. The first-order valence-corrected chi connectivity index (χ1v) is 5.05. The molecule has 0 aliphatic heterocycles. The van der Waals surface area contributed by atoms with E-state index >= 15 is 0 Å². The van der Waals surface area contributed by atoms with Gasteiger partial charge in [-0.3, -0.25) is 4.98 Å². The highest BCUT2D eigenvalue weighted by Gasteiger charge is 2.03. The fraction of sp³-hybridized carbons (Fsp3) is 0. The van der Waals surface area contributed by atoms with Gasteiger partial charge in [0.25, 0.3) is 0 Å². The van der Waals surface area contributed by atoms with Gasteiger partial charge in [-0.15, -0.1) is 5.10 Å². The van der Waals surface area contributed by atoms with Gasteiger partial charge in [0, 0.05) is 6.20 Å². The summed E-state index contributed by atoms with van der Waals surface area (Å²) in [4.78, 5) is 8.69. The molecule has 0 radical (unpaired) electrons. The van der Waals surface area contributed by atoms with Crippen LogP contribution >= 0.6 is 0 Å². The highest BCUT2D eigenvalue weighted by atomic mass is 15.5. The van der Waals surface area contributed by atoms with Crippen molar-refractivity contribution in [3.8, 4) is 17.2 Å². The number of rotatable bonds is 2. The van der Waals surface area contributed by atoms with Crippen molar-refractivity contribution in [2.45, 2.75) is 0 Å². The van der Waals surface area contributed by atoms with E-state index < -0.39 is 0 Å². The molecule has 17 heavy (non-hydrogen) atoms. The van der Waals surface area contributed by atoms with Gasteiger partial charge >= 0.3 is 0 Å². The van der Waals surface area contributed by atoms with Gasteiger partial charge in [-0.1, -0.05) is 12.1 Å². The molecule has 0 aliphatic carbocycles. The fourth-order valence-electron chi connectivity index (χ4n) is 1.47. The smallest absolute Gasteiger partial charge is 0.157 e. The summed E-state index contributed by atoms with van der Waals surface area (Å²) in [5, 5.41) is 10.9. The van der Waals surface area contributed by atoms with E-state index in [1.54, 1.807) is 6.20 Å². The average Bonchev–Trinajstić information content (AvgIpc) is 2.94. The lowest BCUT2D eigenvalue weighted by atomic mass is 10.2. The van der Waals surface area contributed by atoms with Crippen LogP contribution in [-0.2, 0) is 0 Å². The third kappa shape index (κ3) is 1.87. The second-order valence-corrected chi connectivity index (χ2v) is 3.35. The molecular weight excluding hydrogens is 216 g/mol. The van der Waals surface area contributed by atoms with Crippen LogP contribution in [0.1, 0.15) is 0 Å². The van der Waals surface area contributed by atoms with Crippen molar-refractivity contribution >= 4 is 0 Å². The number of nitrogens with zero attached hydrogens (tertiary/aromatic N) is 6. The van der Waals surface area contributed by atoms with Crippen LogP contribution in [0.15, 0.2) is 48.9 Å². The molecule has 0 aromatic carbocycles. The SMILES string of the molecule is c1ccc(-c2cccc(-n3cnnn3)n2)nc1. The van der Waals surface area contributed by atoms with E-state index in [-0.39, 0.29) is 0 Å². The van der Waals surface area contributed by atoms with E-state index in [0.717, 1.165) is 11.4 Å². The highest BCUT2D eigenvalue weighted by Crippen LogP contribution is 2.14. The summed E-state index contributed by atoms with van der Waals surface area (Å²) in [5.74, 6) is 0.665. The standard InChI is InChI=1S/C11H8N6/c1-2-7-12-9(4-1)10-5-3-6-11(14-10)17-8-13-15-16-17/h1-8H. The first-order valence-electron chi connectivity index (χ1n) is 5.05. The topological polar surface area (TPSA) is 69.4 Å². The molecule has 3 rings (SSSR count). The zero-order valence-corrected chi connectivity index (χ0v) is 8.80. The Bertz CT molecular complexity index is 605. The molecule has 3 heterocycles. The zero-order valence-electron chi connectivity index (χ0n) is 8.80. The van der Waals surface area contributed by atoms with Crippen LogP contribution in [0.3, 0.4) is 0 Å². The molecule has 0 unspecified atom stereocenters. The van der Waals surface area contributed by atoms with E-state index in [9.17, 15) is 0 Å². The van der Waals surface area contributed by atoms with Crippen LogP contribution in [0.4, 0.5) is 0 Å². The molecule has 6 nitrogen and oxygen atoms in total. The second-order valence-electron chi connectivity index (χ2n) is 3.35. The number of tetrazole rings is 1. The maximum absolute atomic E-state index is 4.44. The Hall–Kier alpha value is -2.63. The van der Waals surface area contributed by atoms with Crippen molar-refractivity contribution in [1.82, 2.24) is 30.2 Å². The lowest BCUT2D eigenvalue weighted by Crippen LogP contribution is -1.99. The van der Waals surface area contributed by atoms with Crippen molar-refractivity contribution in [1.29, 1.82) is 0 Å². The maximum Gasteiger partial charge on any atom is 0.157 e. The molecule has 0 saturated heterocycles. The molecule has 3 aromatic heterocycles. The summed E-state index contributed by atoms with van der Waals surface area (Å²) < 4.78 is 1.51. The van der Waals surface area contributed by atoms with Crippen molar-refractivity contribution < 1.29 is 0 Å². The Balaban J connectivity index is 2.06. The minimum Gasteiger partial charge on any atom is -0.255 e. The Labute approximate surface area is 97.0 Å². The largest absolute Gasteiger partial charge is 0.255 e. The molecule has 0 saturated carbocycles. The molecule has 3 aromatic rings. The third-order valence-corrected chi connectivity index (χ3v) is 2.25. The molecule has 0 bridgehead atoms. The van der Waals surface area contributed by atoms with Gasteiger partial charge in [0.05, 0.1) is 11.4 Å². The quantitative estimate of drug-likeness (QED) is 0.652. The minimum atomic E-state index is 0.665. The van der Waals surface area contributed by atoms with Crippen molar-refractivity contribution in [3.63, 3.8) is 0 Å². The third-order valence-electron chi connectivity index (χ3n) is 2.25. The van der Waals surface area contributed by atoms with Crippen LogP contribution in [0.25, 0.3) is 17.2 Å². The van der Waals surface area contributed by atoms with Gasteiger partial charge in [0.1, 0.15) is 6.33 Å². The normalized spacial score (nSPS) is 10.4. The van der Waals surface area contributed by atoms with E-state index in [2.05, 4.69) is 25.5 Å². The van der Waals surface area contributed by atoms with Crippen LogP contribution in [0.5, 0.6) is 0 Å². The molecule has 0 amide bonds. The Kier molecular flexibility index (Phi) is 2.31. The molecule has 0 atom stereocenters. The monoisotopic (exact) mass is 224 g/mol. The number of aromatic nitrogens is 6. The molecular formula is C11H8N6. The molecule has 0 fully saturated rings. The molecule has 82 valence electrons. The summed E-state index contributed by atoms with van der Waals surface area (Å²) in [6, 6.07) is 11.3. The Morgan fingerprint density at radius 1 is 0.941 bits per heavy atom. The van der Waals surface area contributed by atoms with Crippen molar-refractivity contribution in [3.05, 3.63) is 48.9 Å². The number of hydrogen-bond donors (Lipinski definition) is 0. The summed E-state index contributed by atoms with van der Waals surface area (Å²) in [6.07, 6.45) is 3.24. The van der Waals surface area contributed by atoms with Gasteiger partial charge in [0.2, 0.25) is 0 Å². The van der Waals surface area contributed by atoms with Crippen LogP contribution in [0.2, 0.25) is 0 Å². The van der Waals surface area contributed by atoms with Crippen molar-refractivity contribution in [2.24, 2.45) is 0 Å². The van der Waals surface area contributed by atoms with Crippen LogP contribution < -0.4 is 0 Å². The average molecular weight is 224 g/mol. The molecule has 0 N–H and O–H groups in total. The fourth-order valence-corrected chi connectivity index (χ4v) is 1.47. The highest BCUT2D eigenvalue weighted by molar-refractivity contribution is 5.54. The van der Waals surface area contributed by atoms with Crippen LogP contribution in [0, 0.1) is 0 Å². The summed E-state index contributed by atoms with van der Waals surface area (Å²) in [7, 11) is 0. The lowest BCUT2D eigenvalue weighted by Gasteiger charge is -2.02. The molecule has 0 aliphatic rings. The maximum atomic E-state index is 4.44. The van der Waals surface area contributed by atoms with Gasteiger partial charge in [0.15, 0.2) is 5.82 Å². The number of pyridine rings is 2. The summed E-state index contributed by atoms with van der Waals surface area (Å²) >= 11 is 0. The number of hydrogen-bond acceptors (Lipinski definition) is 5. The Morgan fingerprint density at radius 2 is 1.88 bits per heavy atom. The second kappa shape index (κ2) is 4.09. The predicted octanol–water partition coefficient (Wildman–Crippen LogP) is 1.12. The van der Waals surface area contributed by atoms with Gasteiger partial charge in [-0.05, 0) is 34.7 Å². The lowest BCUT2D eigenvalue weighted by molar-refractivity contribution is 0.771. The summed E-state index contributed by atoms with van der Waals surface area (Å²) in [6.45, 7) is 0. The van der Waals surface area contributed by atoms with E-state index in [0.29, 0.717) is 5.82 Å². The van der Waals surface area contributed by atoms with Gasteiger partial charge < -0.3 is 0 Å². The minimum absolute atomic E-state index is 0.665. The zero-order chi connectivity index (χ0) is 11.5. The van der Waals surface area contributed by atoms with Gasteiger partial charge in [-0.25, -0.2) is 4.98 Å². The van der Waals surface area contributed by atoms with Gasteiger partial charge in [-0.2, -0.15) is 4.68 Å². The van der Waals surface area contributed by atoms with E-state index in [4.69, 9.17) is 0 Å². The van der Waals surface area contributed by atoms with E-state index in [1.807, 2.05) is 36.4 Å². The van der Waals surface area contributed by atoms with Crippen LogP contribution in [-0.4, -0.2) is 30.2 Å².